The molecule has 0 aliphatic rings. The van der Waals surface area contributed by atoms with Crippen LogP contribution in [0.2, 0.25) is 5.02 Å². The number of Topliss-reactive ketones (excluding diaryl/α,β-unsaturated/α-hetero) is 1. The number of carbonyl (C=O) groups is 2. The maximum Gasteiger partial charge on any atom is 0.377 e. The number of aromatic hydroxyl groups is 1. The Labute approximate surface area is 84.7 Å². The van der Waals surface area contributed by atoms with Gasteiger partial charge in [0.15, 0.2) is 0 Å². The molecule has 14 heavy (non-hydrogen) atoms. The minimum atomic E-state index is -1.55. The van der Waals surface area contributed by atoms with Gasteiger partial charge >= 0.3 is 5.97 Å². The molecule has 1 aromatic carbocycles. The summed E-state index contributed by atoms with van der Waals surface area (Å²) >= 11 is 5.54. The number of aryl methyl sites for hydroxylation is 1. The first kappa shape index (κ1) is 10.5. The average Bonchev–Trinajstić information content (AvgIpc) is 2.10. The average molecular weight is 215 g/mol. The highest BCUT2D eigenvalue weighted by atomic mass is 35.5. The van der Waals surface area contributed by atoms with E-state index in [0.29, 0.717) is 5.56 Å². The molecule has 0 unspecified atom stereocenters. The number of carbonyl (C=O) groups excluding carboxylic acids is 1. The molecule has 0 fully saturated rings. The predicted molar refractivity (Wildman–Crippen MR) is 49.8 cm³/mol. The number of hydrogen-bond donors (Lipinski definition) is 2. The largest absolute Gasteiger partial charge is 0.506 e. The van der Waals surface area contributed by atoms with Gasteiger partial charge in [-0.3, -0.25) is 4.79 Å². The number of hydrogen-bond acceptors (Lipinski definition) is 3. The number of aliphatic carboxylic acids is 1. The van der Waals surface area contributed by atoms with E-state index in [9.17, 15) is 9.59 Å². The predicted octanol–water partition coefficient (Wildman–Crippen LogP) is 1.62. The molecule has 0 saturated heterocycles. The van der Waals surface area contributed by atoms with Crippen LogP contribution in [0.4, 0.5) is 0 Å². The standard InChI is InChI=1S/C9H7ClO4/c1-4-2-7(11)6(10)3-5(4)8(12)9(13)14/h2-3,11H,1H3,(H,13,14). The van der Waals surface area contributed by atoms with Gasteiger partial charge in [-0.05, 0) is 24.6 Å². The maximum atomic E-state index is 11.1. The first-order chi connectivity index (χ1) is 6.43. The summed E-state index contributed by atoms with van der Waals surface area (Å²) in [6.45, 7) is 1.52. The molecule has 0 bridgehead atoms. The van der Waals surface area contributed by atoms with Crippen molar-refractivity contribution < 1.29 is 19.8 Å². The summed E-state index contributed by atoms with van der Waals surface area (Å²) in [4.78, 5) is 21.5. The van der Waals surface area contributed by atoms with Crippen molar-refractivity contribution in [2.24, 2.45) is 0 Å². The molecule has 5 heteroatoms. The van der Waals surface area contributed by atoms with Crippen molar-refractivity contribution in [3.05, 3.63) is 28.3 Å². The van der Waals surface area contributed by atoms with E-state index in [0.717, 1.165) is 6.07 Å². The Bertz CT molecular complexity index is 412. The highest BCUT2D eigenvalue weighted by Gasteiger charge is 2.18. The van der Waals surface area contributed by atoms with Crippen LogP contribution in [0.5, 0.6) is 5.75 Å². The fourth-order valence-corrected chi connectivity index (χ4v) is 1.19. The van der Waals surface area contributed by atoms with Crippen molar-refractivity contribution in [3.8, 4) is 5.75 Å². The van der Waals surface area contributed by atoms with Gasteiger partial charge in [0.2, 0.25) is 0 Å². The summed E-state index contributed by atoms with van der Waals surface area (Å²) in [7, 11) is 0. The minimum Gasteiger partial charge on any atom is -0.506 e. The number of carboxylic acids is 1. The van der Waals surface area contributed by atoms with Gasteiger partial charge in [0, 0.05) is 5.56 Å². The number of benzene rings is 1. The van der Waals surface area contributed by atoms with E-state index in [-0.39, 0.29) is 16.3 Å². The highest BCUT2D eigenvalue weighted by molar-refractivity contribution is 6.41. The summed E-state index contributed by atoms with van der Waals surface area (Å²) < 4.78 is 0. The van der Waals surface area contributed by atoms with Crippen molar-refractivity contribution in [2.45, 2.75) is 6.92 Å². The van der Waals surface area contributed by atoms with Crippen molar-refractivity contribution in [3.63, 3.8) is 0 Å². The first-order valence-corrected chi connectivity index (χ1v) is 4.08. The fourth-order valence-electron chi connectivity index (χ4n) is 1.03. The molecule has 74 valence electrons. The van der Waals surface area contributed by atoms with E-state index in [4.69, 9.17) is 21.8 Å². The Morgan fingerprint density at radius 1 is 1.36 bits per heavy atom. The van der Waals surface area contributed by atoms with Crippen molar-refractivity contribution in [2.75, 3.05) is 0 Å². The number of phenolic OH excluding ortho intramolecular Hbond substituents is 1. The van der Waals surface area contributed by atoms with Gasteiger partial charge in [-0.2, -0.15) is 0 Å². The summed E-state index contributed by atoms with van der Waals surface area (Å²) in [5.41, 5.74) is 0.361. The number of carboxylic acid groups (broad SMARTS) is 1. The van der Waals surface area contributed by atoms with Crippen LogP contribution in [0.1, 0.15) is 15.9 Å². The topological polar surface area (TPSA) is 74.6 Å². The van der Waals surface area contributed by atoms with E-state index in [1.807, 2.05) is 0 Å². The Morgan fingerprint density at radius 3 is 2.43 bits per heavy atom. The zero-order chi connectivity index (χ0) is 10.9. The molecule has 0 heterocycles. The minimum absolute atomic E-state index is 0.0136. The lowest BCUT2D eigenvalue weighted by molar-refractivity contribution is -0.131. The van der Waals surface area contributed by atoms with Crippen LogP contribution in [0.15, 0.2) is 12.1 Å². The Morgan fingerprint density at radius 2 is 1.93 bits per heavy atom. The molecule has 1 rings (SSSR count). The third-order valence-electron chi connectivity index (χ3n) is 1.73. The van der Waals surface area contributed by atoms with Gasteiger partial charge in [-0.25, -0.2) is 4.79 Å². The van der Waals surface area contributed by atoms with Gasteiger partial charge in [0.05, 0.1) is 5.02 Å². The number of phenols is 1. The zero-order valence-corrected chi connectivity index (χ0v) is 8.00. The Balaban J connectivity index is 3.29. The number of rotatable bonds is 2. The first-order valence-electron chi connectivity index (χ1n) is 3.70. The third-order valence-corrected chi connectivity index (χ3v) is 2.04. The second kappa shape index (κ2) is 3.67. The summed E-state index contributed by atoms with van der Waals surface area (Å²) in [5, 5.41) is 17.6. The molecule has 0 aliphatic heterocycles. The molecule has 0 radical (unpaired) electrons. The summed E-state index contributed by atoms with van der Waals surface area (Å²) in [6.07, 6.45) is 0. The van der Waals surface area contributed by atoms with Gasteiger partial charge in [0.1, 0.15) is 5.75 Å². The monoisotopic (exact) mass is 214 g/mol. The van der Waals surface area contributed by atoms with Gasteiger partial charge in [0.25, 0.3) is 5.78 Å². The number of halogens is 1. The van der Waals surface area contributed by atoms with Crippen LogP contribution < -0.4 is 0 Å². The lowest BCUT2D eigenvalue weighted by Crippen LogP contribution is -2.13. The van der Waals surface area contributed by atoms with Gasteiger partial charge < -0.3 is 10.2 Å². The quantitative estimate of drug-likeness (QED) is 0.580. The molecule has 0 atom stereocenters. The van der Waals surface area contributed by atoms with E-state index in [1.165, 1.54) is 13.0 Å². The van der Waals surface area contributed by atoms with E-state index in [1.54, 1.807) is 0 Å². The second-order valence-corrected chi connectivity index (χ2v) is 3.16. The molecular weight excluding hydrogens is 208 g/mol. The third kappa shape index (κ3) is 1.85. The summed E-state index contributed by atoms with van der Waals surface area (Å²) in [6, 6.07) is 2.39. The molecule has 2 N–H and O–H groups in total. The summed E-state index contributed by atoms with van der Waals surface area (Å²) in [5.74, 6) is -2.76. The van der Waals surface area contributed by atoms with Crippen LogP contribution in [0.3, 0.4) is 0 Å². The van der Waals surface area contributed by atoms with Crippen LogP contribution in [0.25, 0.3) is 0 Å². The van der Waals surface area contributed by atoms with E-state index < -0.39 is 11.8 Å². The lowest BCUT2D eigenvalue weighted by atomic mass is 10.0. The molecular formula is C9H7ClO4. The number of ketones is 1. The molecule has 0 saturated carbocycles. The zero-order valence-electron chi connectivity index (χ0n) is 7.24. The molecule has 0 amide bonds. The van der Waals surface area contributed by atoms with Gasteiger partial charge in [-0.15, -0.1) is 0 Å². The van der Waals surface area contributed by atoms with E-state index in [2.05, 4.69) is 0 Å². The molecule has 4 nitrogen and oxygen atoms in total. The van der Waals surface area contributed by atoms with Crippen LogP contribution in [-0.4, -0.2) is 22.0 Å². The van der Waals surface area contributed by atoms with Crippen molar-refractivity contribution >= 4 is 23.4 Å². The van der Waals surface area contributed by atoms with Crippen LogP contribution in [-0.2, 0) is 4.79 Å². The normalized spacial score (nSPS) is 9.86. The Kier molecular flexibility index (Phi) is 2.76. The van der Waals surface area contributed by atoms with Crippen molar-refractivity contribution in [1.29, 1.82) is 0 Å². The molecule has 0 aliphatic carbocycles. The maximum absolute atomic E-state index is 11.1. The smallest absolute Gasteiger partial charge is 0.377 e. The fraction of sp³-hybridized carbons (Fsp3) is 0.111. The van der Waals surface area contributed by atoms with Crippen LogP contribution in [0, 0.1) is 6.92 Å². The van der Waals surface area contributed by atoms with Gasteiger partial charge in [-0.1, -0.05) is 11.6 Å². The molecule has 0 spiro atoms. The van der Waals surface area contributed by atoms with Crippen molar-refractivity contribution in [1.82, 2.24) is 0 Å². The van der Waals surface area contributed by atoms with E-state index >= 15 is 0 Å². The molecule has 1 aromatic rings. The SMILES string of the molecule is Cc1cc(O)c(Cl)cc1C(=O)C(=O)O. The lowest BCUT2D eigenvalue weighted by Gasteiger charge is -2.03. The Hall–Kier alpha value is -1.55. The second-order valence-electron chi connectivity index (χ2n) is 2.75. The highest BCUT2D eigenvalue weighted by Crippen LogP contribution is 2.26. The molecule has 0 aromatic heterocycles. The van der Waals surface area contributed by atoms with Crippen LogP contribution >= 0.6 is 11.6 Å².